The Morgan fingerprint density at radius 3 is 2.04 bits per heavy atom. The normalized spacial score (nSPS) is 18.6. The molecule has 0 spiro atoms. The molecule has 1 atom stereocenters. The summed E-state index contributed by atoms with van der Waals surface area (Å²) in [5.74, 6) is -0.965. The minimum absolute atomic E-state index is 0.364. The van der Waals surface area contributed by atoms with Gasteiger partial charge in [0.1, 0.15) is 0 Å². The Morgan fingerprint density at radius 1 is 0.821 bits per heavy atom. The number of thioether (sulfide) groups is 1. The summed E-state index contributed by atoms with van der Waals surface area (Å²) in [5, 5.41) is -0.794. The molecule has 1 aliphatic heterocycles. The van der Waals surface area contributed by atoms with Crippen LogP contribution >= 0.6 is 11.8 Å². The predicted octanol–water partition coefficient (Wildman–Crippen LogP) is 4.26. The van der Waals surface area contributed by atoms with Crippen LogP contribution in [0.3, 0.4) is 0 Å². The van der Waals surface area contributed by atoms with Crippen molar-refractivity contribution in [3.63, 3.8) is 0 Å². The Hall–Kier alpha value is -3.38. The fraction of sp³-hybridized carbons (Fsp3) is 0.0455. The Labute approximate surface area is 166 Å². The van der Waals surface area contributed by atoms with Gasteiger partial charge in [0.15, 0.2) is 10.5 Å². The molecule has 0 bridgehead atoms. The number of ketones is 1. The lowest BCUT2D eigenvalue weighted by Crippen LogP contribution is -2.53. The van der Waals surface area contributed by atoms with Gasteiger partial charge in [0.2, 0.25) is 0 Å². The summed E-state index contributed by atoms with van der Waals surface area (Å²) in [7, 11) is 0. The van der Waals surface area contributed by atoms with Crippen LogP contribution in [0, 0.1) is 0 Å². The average Bonchev–Trinajstić information content (AvgIpc) is 2.72. The molecule has 0 saturated heterocycles. The minimum atomic E-state index is -1.78. The van der Waals surface area contributed by atoms with E-state index in [0.717, 1.165) is 0 Å². The highest BCUT2D eigenvalue weighted by Gasteiger charge is 2.56. The summed E-state index contributed by atoms with van der Waals surface area (Å²) >= 11 is 0.552. The molecule has 6 heteroatoms. The average molecular weight is 388 g/mol. The molecule has 0 radical (unpaired) electrons. The van der Waals surface area contributed by atoms with Crippen molar-refractivity contribution >= 4 is 40.1 Å². The van der Waals surface area contributed by atoms with E-state index in [-0.39, 0.29) is 0 Å². The zero-order valence-electron chi connectivity index (χ0n) is 14.7. The van der Waals surface area contributed by atoms with Crippen molar-refractivity contribution < 1.29 is 14.4 Å². The largest absolute Gasteiger partial charge is 0.360 e. The molecule has 3 aromatic carbocycles. The van der Waals surface area contributed by atoms with Gasteiger partial charge in [-0.05, 0) is 41.6 Å². The molecule has 3 aromatic rings. The highest BCUT2D eigenvalue weighted by molar-refractivity contribution is 8.15. The predicted molar refractivity (Wildman–Crippen MR) is 110 cm³/mol. The number of carbonyl (C=O) groups excluding carboxylic acids is 3. The van der Waals surface area contributed by atoms with Gasteiger partial charge in [-0.2, -0.15) is 0 Å². The first-order valence-corrected chi connectivity index (χ1v) is 9.45. The van der Waals surface area contributed by atoms with Crippen molar-refractivity contribution in [1.82, 2.24) is 0 Å². The minimum Gasteiger partial charge on any atom is -0.360 e. The first kappa shape index (κ1) is 18.0. The molecular formula is C22H16N2O3S. The van der Waals surface area contributed by atoms with E-state index in [9.17, 15) is 14.4 Å². The van der Waals surface area contributed by atoms with Crippen LogP contribution in [0.25, 0.3) is 0 Å². The third kappa shape index (κ3) is 2.70. The molecule has 1 unspecified atom stereocenters. The van der Waals surface area contributed by atoms with Gasteiger partial charge < -0.3 is 5.73 Å². The molecule has 4 rings (SSSR count). The van der Waals surface area contributed by atoms with Gasteiger partial charge in [0.05, 0.1) is 5.69 Å². The molecule has 138 valence electrons. The highest BCUT2D eigenvalue weighted by Crippen LogP contribution is 2.49. The van der Waals surface area contributed by atoms with Gasteiger partial charge in [-0.1, -0.05) is 60.7 Å². The maximum absolute atomic E-state index is 13.8. The van der Waals surface area contributed by atoms with Crippen LogP contribution in [0.15, 0.2) is 84.9 Å². The molecule has 5 nitrogen and oxygen atoms in total. The molecule has 1 aliphatic rings. The van der Waals surface area contributed by atoms with E-state index in [2.05, 4.69) is 0 Å². The molecule has 0 fully saturated rings. The fourth-order valence-corrected chi connectivity index (χ4v) is 4.41. The standard InChI is InChI=1S/C22H16N2O3S/c23-21(27)28-22(15-9-3-1-4-10-15)19(25)17-13-7-8-14-18(17)24(20(22)26)16-11-5-2-6-12-16/h1-14H,(H2,23,27). The van der Waals surface area contributed by atoms with Gasteiger partial charge in [0, 0.05) is 11.3 Å². The number of benzene rings is 3. The summed E-state index contributed by atoms with van der Waals surface area (Å²) in [6.45, 7) is 0. The first-order chi connectivity index (χ1) is 13.6. The van der Waals surface area contributed by atoms with E-state index in [0.29, 0.717) is 34.3 Å². The second kappa shape index (κ2) is 6.98. The second-order valence-electron chi connectivity index (χ2n) is 6.29. The molecule has 0 aromatic heterocycles. The SMILES string of the molecule is NC(=O)SC1(c2ccccc2)C(=O)c2ccccc2N(c2ccccc2)C1=O. The third-order valence-electron chi connectivity index (χ3n) is 4.66. The van der Waals surface area contributed by atoms with Gasteiger partial charge in [-0.25, -0.2) is 0 Å². The molecule has 0 saturated carbocycles. The van der Waals surface area contributed by atoms with Crippen LogP contribution < -0.4 is 10.6 Å². The Kier molecular flexibility index (Phi) is 4.49. The lowest BCUT2D eigenvalue weighted by atomic mass is 9.83. The molecular weight excluding hydrogens is 372 g/mol. The maximum atomic E-state index is 13.8. The number of anilines is 2. The Bertz CT molecular complexity index is 1070. The zero-order chi connectivity index (χ0) is 19.7. The van der Waals surface area contributed by atoms with E-state index < -0.39 is 21.7 Å². The van der Waals surface area contributed by atoms with Crippen LogP contribution in [0.5, 0.6) is 0 Å². The summed E-state index contributed by atoms with van der Waals surface area (Å²) in [4.78, 5) is 40.9. The van der Waals surface area contributed by atoms with E-state index in [1.54, 1.807) is 66.7 Å². The first-order valence-electron chi connectivity index (χ1n) is 8.63. The Morgan fingerprint density at radius 2 is 1.39 bits per heavy atom. The summed E-state index contributed by atoms with van der Waals surface area (Å²) in [5.41, 5.74) is 7.36. The highest BCUT2D eigenvalue weighted by atomic mass is 32.2. The van der Waals surface area contributed by atoms with Crippen molar-refractivity contribution in [3.8, 4) is 0 Å². The van der Waals surface area contributed by atoms with E-state index in [1.807, 2.05) is 18.2 Å². The van der Waals surface area contributed by atoms with Crippen molar-refractivity contribution in [2.75, 3.05) is 4.90 Å². The molecule has 28 heavy (non-hydrogen) atoms. The number of para-hydroxylation sites is 2. The summed E-state index contributed by atoms with van der Waals surface area (Å²) in [6.07, 6.45) is 0. The van der Waals surface area contributed by atoms with E-state index in [4.69, 9.17) is 5.73 Å². The zero-order valence-corrected chi connectivity index (χ0v) is 15.6. The maximum Gasteiger partial charge on any atom is 0.278 e. The number of amides is 2. The number of Topliss-reactive ketones (excluding diaryl/α,β-unsaturated/α-hetero) is 1. The molecule has 2 amide bonds. The van der Waals surface area contributed by atoms with Crippen LogP contribution in [-0.2, 0) is 9.54 Å². The van der Waals surface area contributed by atoms with Crippen molar-refractivity contribution in [3.05, 3.63) is 96.1 Å². The van der Waals surface area contributed by atoms with Crippen molar-refractivity contribution in [2.45, 2.75) is 4.75 Å². The smallest absolute Gasteiger partial charge is 0.278 e. The molecule has 2 N–H and O–H groups in total. The van der Waals surface area contributed by atoms with Gasteiger partial charge in [-0.15, -0.1) is 0 Å². The summed E-state index contributed by atoms with van der Waals surface area (Å²) < 4.78 is -1.78. The van der Waals surface area contributed by atoms with Crippen LogP contribution in [-0.4, -0.2) is 16.9 Å². The fourth-order valence-electron chi connectivity index (χ4n) is 3.47. The number of nitrogens with zero attached hydrogens (tertiary/aromatic N) is 1. The number of fused-ring (bicyclic) bond motifs is 1. The van der Waals surface area contributed by atoms with Crippen LogP contribution in [0.2, 0.25) is 0 Å². The number of hydrogen-bond donors (Lipinski definition) is 1. The summed E-state index contributed by atoms with van der Waals surface area (Å²) in [6, 6.07) is 24.5. The van der Waals surface area contributed by atoms with E-state index in [1.165, 1.54) is 4.90 Å². The van der Waals surface area contributed by atoms with Gasteiger partial charge >= 0.3 is 0 Å². The van der Waals surface area contributed by atoms with Gasteiger partial charge in [-0.3, -0.25) is 19.3 Å². The van der Waals surface area contributed by atoms with Crippen LogP contribution in [0.1, 0.15) is 15.9 Å². The Balaban J connectivity index is 2.04. The van der Waals surface area contributed by atoms with Crippen molar-refractivity contribution in [2.24, 2.45) is 5.73 Å². The van der Waals surface area contributed by atoms with Crippen molar-refractivity contribution in [1.29, 1.82) is 0 Å². The van der Waals surface area contributed by atoms with E-state index >= 15 is 0 Å². The lowest BCUT2D eigenvalue weighted by Gasteiger charge is -2.40. The molecule has 0 aliphatic carbocycles. The quantitative estimate of drug-likeness (QED) is 0.680. The molecule has 1 heterocycles. The van der Waals surface area contributed by atoms with Crippen LogP contribution in [0.4, 0.5) is 16.2 Å². The third-order valence-corrected chi connectivity index (χ3v) is 5.77. The topological polar surface area (TPSA) is 80.5 Å². The number of nitrogens with two attached hydrogens (primary N) is 1. The second-order valence-corrected chi connectivity index (χ2v) is 7.51. The number of rotatable bonds is 3. The number of hydrogen-bond acceptors (Lipinski definition) is 4. The number of carbonyl (C=O) groups is 3. The van der Waals surface area contributed by atoms with Gasteiger partial charge in [0.25, 0.3) is 11.1 Å². The lowest BCUT2D eigenvalue weighted by molar-refractivity contribution is -0.119. The monoisotopic (exact) mass is 388 g/mol. The number of primary amides is 1.